The number of carbonyl (C=O) groups excluding carboxylic acids is 2. The Morgan fingerprint density at radius 3 is 2.63 bits per heavy atom. The van der Waals surface area contributed by atoms with Crippen molar-refractivity contribution in [1.29, 1.82) is 0 Å². The molecular formula is C22H24N2O2S. The van der Waals surface area contributed by atoms with Gasteiger partial charge in [-0.3, -0.25) is 9.59 Å². The molecule has 140 valence electrons. The fourth-order valence-corrected chi connectivity index (χ4v) is 4.79. The summed E-state index contributed by atoms with van der Waals surface area (Å²) in [5, 5.41) is 1.29. The van der Waals surface area contributed by atoms with E-state index in [9.17, 15) is 9.59 Å². The summed E-state index contributed by atoms with van der Waals surface area (Å²) in [6, 6.07) is 12.2. The minimum Gasteiger partial charge on any atom is -0.361 e. The number of nitrogens with zero attached hydrogens (tertiary/aromatic N) is 1. The number of thiophene rings is 1. The van der Waals surface area contributed by atoms with E-state index in [0.29, 0.717) is 18.8 Å². The molecule has 0 saturated carbocycles. The van der Waals surface area contributed by atoms with Crippen LogP contribution in [-0.2, 0) is 4.79 Å². The second-order valence-electron chi connectivity index (χ2n) is 7.28. The minimum atomic E-state index is 0.0788. The van der Waals surface area contributed by atoms with Crippen molar-refractivity contribution in [2.45, 2.75) is 38.5 Å². The average molecular weight is 381 g/mol. The van der Waals surface area contributed by atoms with Gasteiger partial charge in [-0.2, -0.15) is 0 Å². The van der Waals surface area contributed by atoms with Gasteiger partial charge in [0.15, 0.2) is 5.78 Å². The van der Waals surface area contributed by atoms with Gasteiger partial charge in [-0.1, -0.05) is 18.2 Å². The third kappa shape index (κ3) is 3.83. The molecule has 1 aliphatic heterocycles. The second-order valence-corrected chi connectivity index (χ2v) is 8.57. The number of aromatic nitrogens is 1. The van der Waals surface area contributed by atoms with Crippen LogP contribution in [0.5, 0.6) is 0 Å². The highest BCUT2D eigenvalue weighted by Crippen LogP contribution is 2.33. The molecule has 4 nitrogen and oxygen atoms in total. The molecule has 27 heavy (non-hydrogen) atoms. The van der Waals surface area contributed by atoms with Gasteiger partial charge in [-0.25, -0.2) is 0 Å². The van der Waals surface area contributed by atoms with Crippen molar-refractivity contribution < 1.29 is 9.59 Å². The van der Waals surface area contributed by atoms with E-state index in [4.69, 9.17) is 0 Å². The number of Topliss-reactive ketones (excluding diaryl/α,β-unsaturated/α-hetero) is 1. The molecule has 5 heteroatoms. The van der Waals surface area contributed by atoms with E-state index >= 15 is 0 Å². The zero-order chi connectivity index (χ0) is 18.8. The first kappa shape index (κ1) is 18.0. The smallest absolute Gasteiger partial charge is 0.223 e. The molecule has 4 rings (SSSR count). The molecule has 0 aliphatic carbocycles. The molecule has 1 aliphatic rings. The maximum absolute atomic E-state index is 12.5. The monoisotopic (exact) mass is 380 g/mol. The van der Waals surface area contributed by atoms with Gasteiger partial charge in [-0.05, 0) is 49.4 Å². The summed E-state index contributed by atoms with van der Waals surface area (Å²) in [5.74, 6) is 0.671. The highest BCUT2D eigenvalue weighted by molar-refractivity contribution is 7.14. The molecule has 0 atom stereocenters. The number of hydrogen-bond acceptors (Lipinski definition) is 3. The number of hydrogen-bond donors (Lipinski definition) is 1. The Labute approximate surface area is 163 Å². The van der Waals surface area contributed by atoms with Crippen LogP contribution in [0, 0.1) is 6.92 Å². The zero-order valence-electron chi connectivity index (χ0n) is 15.5. The van der Waals surface area contributed by atoms with Gasteiger partial charge >= 0.3 is 0 Å². The molecule has 0 spiro atoms. The van der Waals surface area contributed by atoms with E-state index in [2.05, 4.69) is 29.4 Å². The van der Waals surface area contributed by atoms with Crippen molar-refractivity contribution in [2.24, 2.45) is 0 Å². The van der Waals surface area contributed by atoms with Crippen molar-refractivity contribution in [3.63, 3.8) is 0 Å². The van der Waals surface area contributed by atoms with Crippen molar-refractivity contribution in [3.8, 4) is 0 Å². The Balaban J connectivity index is 1.31. The van der Waals surface area contributed by atoms with Gasteiger partial charge in [0.2, 0.25) is 5.91 Å². The van der Waals surface area contributed by atoms with Gasteiger partial charge in [0.25, 0.3) is 0 Å². The third-order valence-electron chi connectivity index (χ3n) is 5.49. The molecule has 0 bridgehead atoms. The lowest BCUT2D eigenvalue weighted by Crippen LogP contribution is -2.38. The normalized spacial score (nSPS) is 15.4. The minimum absolute atomic E-state index is 0.0788. The maximum Gasteiger partial charge on any atom is 0.223 e. The molecule has 1 fully saturated rings. The standard InChI is InChI=1S/C22H24N2O2S/c1-15-6-8-21(27-15)20(25)7-9-22(26)24-12-10-16(11-13-24)18-14-23-19-5-3-2-4-17(18)19/h2-6,8,14,16,23H,7,9-13H2,1H3. The second kappa shape index (κ2) is 7.69. The number of H-pyrrole nitrogens is 1. The summed E-state index contributed by atoms with van der Waals surface area (Å²) in [5.41, 5.74) is 2.54. The summed E-state index contributed by atoms with van der Waals surface area (Å²) < 4.78 is 0. The van der Waals surface area contributed by atoms with E-state index in [1.807, 2.05) is 30.0 Å². The molecular weight excluding hydrogens is 356 g/mol. The Bertz CT molecular complexity index is 964. The zero-order valence-corrected chi connectivity index (χ0v) is 16.3. The maximum atomic E-state index is 12.5. The van der Waals surface area contributed by atoms with E-state index < -0.39 is 0 Å². The lowest BCUT2D eigenvalue weighted by atomic mass is 9.89. The number of fused-ring (bicyclic) bond motifs is 1. The van der Waals surface area contributed by atoms with Crippen molar-refractivity contribution in [2.75, 3.05) is 13.1 Å². The van der Waals surface area contributed by atoms with Gasteiger partial charge in [0.1, 0.15) is 0 Å². The van der Waals surface area contributed by atoms with Crippen molar-refractivity contribution in [1.82, 2.24) is 9.88 Å². The highest BCUT2D eigenvalue weighted by Gasteiger charge is 2.25. The predicted octanol–water partition coefficient (Wildman–Crippen LogP) is 4.91. The number of benzene rings is 1. The summed E-state index contributed by atoms with van der Waals surface area (Å²) in [4.78, 5) is 31.9. The number of aromatic amines is 1. The fraction of sp³-hybridized carbons (Fsp3) is 0.364. The van der Waals surface area contributed by atoms with Crippen molar-refractivity contribution >= 4 is 33.9 Å². The Morgan fingerprint density at radius 2 is 1.89 bits per heavy atom. The molecule has 1 aromatic carbocycles. The molecule has 0 radical (unpaired) electrons. The van der Waals surface area contributed by atoms with E-state index in [1.165, 1.54) is 27.8 Å². The number of para-hydroxylation sites is 1. The van der Waals surface area contributed by atoms with Gasteiger partial charge in [0, 0.05) is 47.9 Å². The molecule has 1 saturated heterocycles. The van der Waals surface area contributed by atoms with Crippen LogP contribution < -0.4 is 0 Å². The lowest BCUT2D eigenvalue weighted by molar-refractivity contribution is -0.132. The van der Waals surface area contributed by atoms with Crippen LogP contribution in [0.2, 0.25) is 0 Å². The predicted molar refractivity (Wildman–Crippen MR) is 109 cm³/mol. The number of aryl methyl sites for hydroxylation is 1. The molecule has 1 N–H and O–H groups in total. The largest absolute Gasteiger partial charge is 0.361 e. The van der Waals surface area contributed by atoms with E-state index in [0.717, 1.165) is 35.7 Å². The topological polar surface area (TPSA) is 53.2 Å². The number of carbonyl (C=O) groups is 2. The number of piperidine rings is 1. The number of amides is 1. The van der Waals surface area contributed by atoms with Crippen molar-refractivity contribution in [3.05, 3.63) is 57.9 Å². The molecule has 3 aromatic rings. The number of rotatable bonds is 5. The Hall–Kier alpha value is -2.40. The summed E-state index contributed by atoms with van der Waals surface area (Å²) in [6.45, 7) is 3.54. The summed E-state index contributed by atoms with van der Waals surface area (Å²) in [6.07, 6.45) is 4.69. The van der Waals surface area contributed by atoms with E-state index in [-0.39, 0.29) is 11.7 Å². The molecule has 1 amide bonds. The quantitative estimate of drug-likeness (QED) is 0.640. The summed E-state index contributed by atoms with van der Waals surface area (Å²) >= 11 is 1.51. The van der Waals surface area contributed by atoms with Crippen LogP contribution in [-0.4, -0.2) is 34.7 Å². The average Bonchev–Trinajstić information content (AvgIpc) is 3.32. The van der Waals surface area contributed by atoms with Gasteiger partial charge < -0.3 is 9.88 Å². The number of likely N-dealkylation sites (tertiary alicyclic amines) is 1. The van der Waals surface area contributed by atoms with Crippen LogP contribution >= 0.6 is 11.3 Å². The molecule has 0 unspecified atom stereocenters. The van der Waals surface area contributed by atoms with Crippen LogP contribution in [0.25, 0.3) is 10.9 Å². The van der Waals surface area contributed by atoms with Crippen LogP contribution in [0.4, 0.5) is 0 Å². The van der Waals surface area contributed by atoms with Gasteiger partial charge in [0.05, 0.1) is 4.88 Å². The van der Waals surface area contributed by atoms with Crippen LogP contribution in [0.1, 0.15) is 51.7 Å². The number of ketones is 1. The Kier molecular flexibility index (Phi) is 5.12. The Morgan fingerprint density at radius 1 is 1.11 bits per heavy atom. The van der Waals surface area contributed by atoms with Gasteiger partial charge in [-0.15, -0.1) is 11.3 Å². The lowest BCUT2D eigenvalue weighted by Gasteiger charge is -2.32. The molecule has 3 heterocycles. The van der Waals surface area contributed by atoms with E-state index in [1.54, 1.807) is 0 Å². The highest BCUT2D eigenvalue weighted by atomic mass is 32.1. The fourth-order valence-electron chi connectivity index (χ4n) is 3.96. The third-order valence-corrected chi connectivity index (χ3v) is 6.53. The first-order valence-corrected chi connectivity index (χ1v) is 10.4. The first-order chi connectivity index (χ1) is 13.1. The first-order valence-electron chi connectivity index (χ1n) is 9.55. The SMILES string of the molecule is Cc1ccc(C(=O)CCC(=O)N2CCC(c3c[nH]c4ccccc34)CC2)s1. The summed E-state index contributed by atoms with van der Waals surface area (Å²) in [7, 11) is 0. The van der Waals surface area contributed by atoms with Crippen LogP contribution in [0.15, 0.2) is 42.6 Å². The molecule has 2 aromatic heterocycles. The van der Waals surface area contributed by atoms with Crippen LogP contribution in [0.3, 0.4) is 0 Å². The number of nitrogens with one attached hydrogen (secondary N) is 1.